The fourth-order valence-corrected chi connectivity index (χ4v) is 1.61. The lowest BCUT2D eigenvalue weighted by Gasteiger charge is -2.27. The summed E-state index contributed by atoms with van der Waals surface area (Å²) >= 11 is 0. The van der Waals surface area contributed by atoms with Crippen molar-refractivity contribution in [1.29, 1.82) is 0 Å². The highest BCUT2D eigenvalue weighted by Gasteiger charge is 2.30. The summed E-state index contributed by atoms with van der Waals surface area (Å²) in [5.41, 5.74) is 0.876. The van der Waals surface area contributed by atoms with E-state index in [1.165, 1.54) is 0 Å². The summed E-state index contributed by atoms with van der Waals surface area (Å²) in [7, 11) is 0. The van der Waals surface area contributed by atoms with Crippen LogP contribution in [0.2, 0.25) is 0 Å². The van der Waals surface area contributed by atoms with Crippen LogP contribution in [0.1, 0.15) is 26.3 Å². The summed E-state index contributed by atoms with van der Waals surface area (Å²) in [5.74, 6) is -1.05. The number of hydrogen-bond acceptors (Lipinski definition) is 1. The first-order valence-corrected chi connectivity index (χ1v) is 5.18. The van der Waals surface area contributed by atoms with Gasteiger partial charge >= 0.3 is 5.97 Å². The molecule has 1 N–H and O–H groups in total. The molecule has 1 aromatic carbocycles. The van der Waals surface area contributed by atoms with Crippen LogP contribution < -0.4 is 0 Å². The SMILES string of the molecule is CC(C)(C)[C@H](Cc1ccccc1)C(=O)O. The van der Waals surface area contributed by atoms with Gasteiger partial charge in [0, 0.05) is 0 Å². The van der Waals surface area contributed by atoms with Crippen molar-refractivity contribution in [3.05, 3.63) is 35.9 Å². The summed E-state index contributed by atoms with van der Waals surface area (Å²) in [4.78, 5) is 11.2. The zero-order chi connectivity index (χ0) is 11.5. The standard InChI is InChI=1S/C13H18O2/c1-13(2,3)11(12(14)15)9-10-7-5-4-6-8-10/h4-8,11H,9H2,1-3H3,(H,14,15)/t11-/m1/s1. The van der Waals surface area contributed by atoms with Crippen molar-refractivity contribution in [3.8, 4) is 0 Å². The quantitative estimate of drug-likeness (QED) is 0.825. The van der Waals surface area contributed by atoms with E-state index in [9.17, 15) is 9.90 Å². The van der Waals surface area contributed by atoms with Crippen LogP contribution in [-0.2, 0) is 11.2 Å². The zero-order valence-corrected chi connectivity index (χ0v) is 9.53. The van der Waals surface area contributed by atoms with Gasteiger partial charge in [-0.05, 0) is 17.4 Å². The van der Waals surface area contributed by atoms with Crippen LogP contribution in [0.25, 0.3) is 0 Å². The lowest BCUT2D eigenvalue weighted by atomic mass is 9.77. The molecule has 0 aliphatic carbocycles. The van der Waals surface area contributed by atoms with Gasteiger partial charge in [-0.1, -0.05) is 51.1 Å². The summed E-state index contributed by atoms with van der Waals surface area (Å²) in [5, 5.41) is 9.17. The molecule has 2 nitrogen and oxygen atoms in total. The number of aliphatic carboxylic acids is 1. The lowest BCUT2D eigenvalue weighted by Crippen LogP contribution is -2.30. The maximum atomic E-state index is 11.2. The molecule has 0 aliphatic rings. The number of hydrogen-bond donors (Lipinski definition) is 1. The van der Waals surface area contributed by atoms with E-state index in [1.54, 1.807) is 0 Å². The van der Waals surface area contributed by atoms with Gasteiger partial charge in [-0.3, -0.25) is 4.79 Å². The van der Waals surface area contributed by atoms with E-state index < -0.39 is 5.97 Å². The lowest BCUT2D eigenvalue weighted by molar-refractivity contribution is -0.145. The Bertz CT molecular complexity index is 322. The predicted molar refractivity (Wildman–Crippen MR) is 60.7 cm³/mol. The van der Waals surface area contributed by atoms with Crippen molar-refractivity contribution in [2.45, 2.75) is 27.2 Å². The van der Waals surface area contributed by atoms with Crippen LogP contribution in [0.3, 0.4) is 0 Å². The Balaban J connectivity index is 2.82. The molecule has 0 saturated carbocycles. The first kappa shape index (κ1) is 11.8. The second-order valence-corrected chi connectivity index (χ2v) is 4.95. The predicted octanol–water partition coefficient (Wildman–Crippen LogP) is 2.98. The minimum atomic E-state index is -0.716. The minimum Gasteiger partial charge on any atom is -0.481 e. The molecule has 2 heteroatoms. The molecule has 15 heavy (non-hydrogen) atoms. The van der Waals surface area contributed by atoms with Crippen molar-refractivity contribution in [2.24, 2.45) is 11.3 Å². The molecule has 0 heterocycles. The first-order valence-electron chi connectivity index (χ1n) is 5.18. The third kappa shape index (κ3) is 3.39. The summed E-state index contributed by atoms with van der Waals surface area (Å²) in [6, 6.07) is 9.77. The Morgan fingerprint density at radius 3 is 2.20 bits per heavy atom. The smallest absolute Gasteiger partial charge is 0.307 e. The Labute approximate surface area is 90.9 Å². The van der Waals surface area contributed by atoms with Crippen molar-refractivity contribution in [1.82, 2.24) is 0 Å². The molecule has 0 fully saturated rings. The van der Waals surface area contributed by atoms with E-state index >= 15 is 0 Å². The maximum Gasteiger partial charge on any atom is 0.307 e. The van der Waals surface area contributed by atoms with E-state index in [-0.39, 0.29) is 11.3 Å². The van der Waals surface area contributed by atoms with E-state index in [2.05, 4.69) is 0 Å². The highest BCUT2D eigenvalue weighted by Crippen LogP contribution is 2.29. The van der Waals surface area contributed by atoms with Gasteiger partial charge in [-0.25, -0.2) is 0 Å². The summed E-state index contributed by atoms with van der Waals surface area (Å²) in [6.45, 7) is 5.90. The summed E-state index contributed by atoms with van der Waals surface area (Å²) < 4.78 is 0. The minimum absolute atomic E-state index is 0.207. The molecular weight excluding hydrogens is 188 g/mol. The Kier molecular flexibility index (Phi) is 3.51. The highest BCUT2D eigenvalue weighted by molar-refractivity contribution is 5.71. The first-order chi connectivity index (χ1) is 6.91. The average Bonchev–Trinajstić information content (AvgIpc) is 2.13. The molecule has 0 aromatic heterocycles. The monoisotopic (exact) mass is 206 g/mol. The fraction of sp³-hybridized carbons (Fsp3) is 0.462. The Morgan fingerprint density at radius 2 is 1.80 bits per heavy atom. The number of carbonyl (C=O) groups is 1. The van der Waals surface area contributed by atoms with E-state index in [4.69, 9.17) is 0 Å². The molecule has 0 amide bonds. The number of benzene rings is 1. The molecule has 0 radical (unpaired) electrons. The zero-order valence-electron chi connectivity index (χ0n) is 9.53. The van der Waals surface area contributed by atoms with E-state index in [1.807, 2.05) is 51.1 Å². The van der Waals surface area contributed by atoms with Crippen LogP contribution in [0.4, 0.5) is 0 Å². The Hall–Kier alpha value is -1.31. The van der Waals surface area contributed by atoms with Crippen molar-refractivity contribution in [3.63, 3.8) is 0 Å². The second-order valence-electron chi connectivity index (χ2n) is 4.95. The van der Waals surface area contributed by atoms with Gasteiger partial charge < -0.3 is 5.11 Å². The van der Waals surface area contributed by atoms with Gasteiger partial charge in [0.25, 0.3) is 0 Å². The molecule has 0 aliphatic heterocycles. The van der Waals surface area contributed by atoms with Crippen molar-refractivity contribution in [2.75, 3.05) is 0 Å². The molecule has 1 rings (SSSR count). The molecule has 0 unspecified atom stereocenters. The molecule has 1 aromatic rings. The third-order valence-electron chi connectivity index (χ3n) is 2.63. The number of carboxylic acid groups (broad SMARTS) is 1. The van der Waals surface area contributed by atoms with Crippen LogP contribution in [0.15, 0.2) is 30.3 Å². The van der Waals surface area contributed by atoms with Crippen LogP contribution in [0, 0.1) is 11.3 Å². The number of rotatable bonds is 3. The van der Waals surface area contributed by atoms with Gasteiger partial charge in [0.2, 0.25) is 0 Å². The largest absolute Gasteiger partial charge is 0.481 e. The maximum absolute atomic E-state index is 11.2. The van der Waals surface area contributed by atoms with Crippen molar-refractivity contribution >= 4 is 5.97 Å². The van der Waals surface area contributed by atoms with Gasteiger partial charge in [0.15, 0.2) is 0 Å². The normalized spacial score (nSPS) is 13.5. The van der Waals surface area contributed by atoms with Crippen LogP contribution >= 0.6 is 0 Å². The molecular formula is C13H18O2. The molecule has 0 bridgehead atoms. The van der Waals surface area contributed by atoms with Crippen LogP contribution in [-0.4, -0.2) is 11.1 Å². The van der Waals surface area contributed by atoms with Crippen molar-refractivity contribution < 1.29 is 9.90 Å². The highest BCUT2D eigenvalue weighted by atomic mass is 16.4. The van der Waals surface area contributed by atoms with Gasteiger partial charge in [-0.15, -0.1) is 0 Å². The van der Waals surface area contributed by atoms with E-state index in [0.717, 1.165) is 5.56 Å². The topological polar surface area (TPSA) is 37.3 Å². The number of carboxylic acids is 1. The molecule has 1 atom stereocenters. The van der Waals surface area contributed by atoms with E-state index in [0.29, 0.717) is 6.42 Å². The fourth-order valence-electron chi connectivity index (χ4n) is 1.61. The molecule has 82 valence electrons. The summed E-state index contributed by atoms with van der Waals surface area (Å²) in [6.07, 6.45) is 0.597. The molecule has 0 saturated heterocycles. The second kappa shape index (κ2) is 4.47. The third-order valence-corrected chi connectivity index (χ3v) is 2.63. The van der Waals surface area contributed by atoms with Crippen LogP contribution in [0.5, 0.6) is 0 Å². The Morgan fingerprint density at radius 1 is 1.27 bits per heavy atom. The van der Waals surface area contributed by atoms with Gasteiger partial charge in [-0.2, -0.15) is 0 Å². The average molecular weight is 206 g/mol. The molecule has 0 spiro atoms. The van der Waals surface area contributed by atoms with Gasteiger partial charge in [0.05, 0.1) is 5.92 Å². The van der Waals surface area contributed by atoms with Gasteiger partial charge in [0.1, 0.15) is 0 Å².